The summed E-state index contributed by atoms with van der Waals surface area (Å²) in [6, 6.07) is 65.6. The van der Waals surface area contributed by atoms with Gasteiger partial charge < -0.3 is 9.55 Å². The Kier molecular flexibility index (Phi) is 12.8. The van der Waals surface area contributed by atoms with Crippen molar-refractivity contribution in [2.24, 2.45) is 5.92 Å². The van der Waals surface area contributed by atoms with Crippen LogP contribution in [0.15, 0.2) is 170 Å². The van der Waals surface area contributed by atoms with E-state index in [1.54, 1.807) is 0 Å². The van der Waals surface area contributed by atoms with Gasteiger partial charge in [-0.05, 0) is 125 Å². The predicted octanol–water partition coefficient (Wildman–Crippen LogP) is 16.4. The summed E-state index contributed by atoms with van der Waals surface area (Å²) in [4.78, 5) is 9.94. The summed E-state index contributed by atoms with van der Waals surface area (Å²) >= 11 is 1.84. The van der Waals surface area contributed by atoms with Crippen molar-refractivity contribution in [3.05, 3.63) is 193 Å². The summed E-state index contributed by atoms with van der Waals surface area (Å²) in [6.07, 6.45) is 3.24. The molecule has 0 bridgehead atoms. The van der Waals surface area contributed by atoms with E-state index < -0.39 is 8.07 Å². The molecular weight excluding hydrogens is 1030 g/mol. The van der Waals surface area contributed by atoms with Crippen LogP contribution >= 0.6 is 11.3 Å². The minimum Gasteiger partial charge on any atom is -0.333 e. The zero-order valence-electron chi connectivity index (χ0n) is 39.5. The Morgan fingerprint density at radius 2 is 1.33 bits per heavy atom. The van der Waals surface area contributed by atoms with Gasteiger partial charge in [0.05, 0.1) is 24.9 Å². The fraction of sp³-hybridized carbons (Fsp3) is 0.180. The van der Waals surface area contributed by atoms with Crippen LogP contribution in [-0.2, 0) is 31.9 Å². The summed E-state index contributed by atoms with van der Waals surface area (Å²) < 4.78 is 4.88. The molecule has 335 valence electrons. The van der Waals surface area contributed by atoms with Gasteiger partial charge in [-0.3, -0.25) is 4.98 Å². The average Bonchev–Trinajstić information content (AvgIpc) is 3.87. The number of rotatable bonds is 7. The van der Waals surface area contributed by atoms with Crippen molar-refractivity contribution >= 4 is 77.3 Å². The van der Waals surface area contributed by atoms with Gasteiger partial charge in [0, 0.05) is 36.7 Å². The molecule has 0 aliphatic rings. The van der Waals surface area contributed by atoms with Crippen molar-refractivity contribution in [3.8, 4) is 39.5 Å². The molecule has 3 heterocycles. The number of benzene rings is 8. The molecule has 0 spiro atoms. The van der Waals surface area contributed by atoms with E-state index in [0.29, 0.717) is 5.92 Å². The molecule has 3 nitrogen and oxygen atoms in total. The number of fused-ring (bicyclic) bond motifs is 6. The second kappa shape index (κ2) is 18.6. The van der Waals surface area contributed by atoms with Crippen molar-refractivity contribution in [1.82, 2.24) is 14.5 Å². The largest absolute Gasteiger partial charge is 0.333 e. The first-order chi connectivity index (χ1) is 31.8. The summed E-state index contributed by atoms with van der Waals surface area (Å²) in [5.41, 5.74) is 11.4. The fourth-order valence-electron chi connectivity index (χ4n) is 9.36. The molecule has 0 aliphatic heterocycles. The summed E-state index contributed by atoms with van der Waals surface area (Å²) in [7, 11) is -1.34. The van der Waals surface area contributed by atoms with Crippen LogP contribution in [0, 0.1) is 18.1 Å². The number of nitrogens with zero attached hydrogens (tertiary/aromatic N) is 3. The Hall–Kier alpha value is -6.01. The maximum Gasteiger partial charge on any atom is 0.0798 e. The van der Waals surface area contributed by atoms with E-state index in [2.05, 4.69) is 228 Å². The number of hydrogen-bond donors (Lipinski definition) is 0. The smallest absolute Gasteiger partial charge is 0.0798 e. The third-order valence-electron chi connectivity index (χ3n) is 12.6. The predicted molar refractivity (Wildman–Crippen MR) is 287 cm³/mol. The number of thiophene rings is 1. The zero-order chi connectivity index (χ0) is 45.7. The monoisotopic (exact) mass is 1080 g/mol. The van der Waals surface area contributed by atoms with Gasteiger partial charge in [-0.15, -0.1) is 59.7 Å². The van der Waals surface area contributed by atoms with Crippen molar-refractivity contribution in [3.63, 3.8) is 0 Å². The Labute approximate surface area is 414 Å². The first kappa shape index (κ1) is 46.1. The molecule has 0 aliphatic carbocycles. The third-order valence-corrected chi connectivity index (χ3v) is 15.8. The van der Waals surface area contributed by atoms with E-state index in [0.717, 1.165) is 45.8 Å². The van der Waals surface area contributed by atoms with Gasteiger partial charge >= 0.3 is 0 Å². The Morgan fingerprint density at radius 1 is 0.642 bits per heavy atom. The number of para-hydroxylation sites is 2. The van der Waals surface area contributed by atoms with Crippen LogP contribution in [0.1, 0.15) is 45.7 Å². The molecule has 11 aromatic rings. The maximum atomic E-state index is 5.25. The van der Waals surface area contributed by atoms with E-state index >= 15 is 0 Å². The van der Waals surface area contributed by atoms with Gasteiger partial charge in [0.2, 0.25) is 0 Å². The second-order valence-corrected chi connectivity index (χ2v) is 26.2. The van der Waals surface area contributed by atoms with Crippen molar-refractivity contribution in [2.75, 3.05) is 0 Å². The van der Waals surface area contributed by atoms with E-state index in [1.165, 1.54) is 69.2 Å². The van der Waals surface area contributed by atoms with Crippen LogP contribution in [0.4, 0.5) is 0 Å². The van der Waals surface area contributed by atoms with Crippen LogP contribution in [0.2, 0.25) is 19.6 Å². The summed E-state index contributed by atoms with van der Waals surface area (Å²) in [5.74, 6) is 1.58. The van der Waals surface area contributed by atoms with Crippen molar-refractivity contribution in [2.45, 2.75) is 66.1 Å². The Bertz CT molecular complexity index is 3560. The second-order valence-electron chi connectivity index (χ2n) is 20.1. The van der Waals surface area contributed by atoms with E-state index in [4.69, 9.17) is 4.98 Å². The van der Waals surface area contributed by atoms with Crippen molar-refractivity contribution < 1.29 is 20.1 Å². The topological polar surface area (TPSA) is 30.7 Å². The Balaban J connectivity index is 0.000000226. The van der Waals surface area contributed by atoms with Crippen LogP contribution in [0.3, 0.4) is 0 Å². The van der Waals surface area contributed by atoms with Gasteiger partial charge in [0.1, 0.15) is 0 Å². The molecular formula is C61H55IrN3SSi-2. The molecule has 3 aromatic heterocycles. The van der Waals surface area contributed by atoms with Gasteiger partial charge in [-0.2, -0.15) is 11.3 Å². The standard InChI is InChI=1S/C43H31N2S.C18H24NSi.Ir/c1-43(2,3)36-25-30(27-11-5-4-6-12-27)17-19-38(36)45-39-16-10-9-15-37(39)44-42(45)31-18-20-40-34(23-31)35-24-32-21-28-13-7-8-14-29(28)22-33(32)26-41(35)46-40;1-14(2)11-16-12-17(15-9-7-6-8-10-15)19-13-18(16)20(3,4)5;/h4-17,19-26H,1-3H3;6-9,12-14H,11H2,1-5H3;/q2*-1;. The molecule has 0 saturated heterocycles. The number of imidazole rings is 1. The molecule has 0 atom stereocenters. The van der Waals surface area contributed by atoms with Crippen LogP contribution in [0.5, 0.6) is 0 Å². The SMILES string of the molecule is CC(C)(C)c1cc(-c2ccccc2)ccc1-n1c(-c2[c-]cc3sc4cc5cc6ccccc6cc5cc4c3c2)nc2ccccc21.CC(C)Cc1cc(-c2[c-]cccc2)ncc1[Si](C)(C)C.[Ir]. The first-order valence-corrected chi connectivity index (χ1v) is 27.5. The quantitative estimate of drug-likeness (QED) is 0.0905. The van der Waals surface area contributed by atoms with Gasteiger partial charge in [0.25, 0.3) is 0 Å². The van der Waals surface area contributed by atoms with E-state index in [9.17, 15) is 0 Å². The molecule has 0 unspecified atom stereocenters. The first-order valence-electron chi connectivity index (χ1n) is 23.1. The zero-order valence-corrected chi connectivity index (χ0v) is 43.7. The van der Waals surface area contributed by atoms with Gasteiger partial charge in [-0.1, -0.05) is 144 Å². The van der Waals surface area contributed by atoms with Crippen LogP contribution in [0.25, 0.3) is 92.2 Å². The molecule has 6 heteroatoms. The number of hydrogen-bond acceptors (Lipinski definition) is 3. The van der Waals surface area contributed by atoms with Gasteiger partial charge in [0.15, 0.2) is 0 Å². The average molecular weight is 1080 g/mol. The molecule has 0 fully saturated rings. The summed E-state index contributed by atoms with van der Waals surface area (Å²) in [6.45, 7) is 18.6. The third kappa shape index (κ3) is 9.34. The molecule has 0 saturated carbocycles. The van der Waals surface area contributed by atoms with E-state index in [1.807, 2.05) is 29.5 Å². The van der Waals surface area contributed by atoms with Crippen LogP contribution in [-0.4, -0.2) is 22.6 Å². The molecule has 8 aromatic carbocycles. The molecule has 67 heavy (non-hydrogen) atoms. The number of pyridine rings is 1. The minimum atomic E-state index is -1.34. The maximum absolute atomic E-state index is 5.25. The fourth-order valence-corrected chi connectivity index (χ4v) is 12.0. The van der Waals surface area contributed by atoms with Crippen LogP contribution < -0.4 is 5.19 Å². The van der Waals surface area contributed by atoms with E-state index in [-0.39, 0.29) is 25.5 Å². The van der Waals surface area contributed by atoms with Crippen molar-refractivity contribution in [1.29, 1.82) is 0 Å². The normalized spacial score (nSPS) is 12.0. The molecule has 1 radical (unpaired) electrons. The molecule has 11 rings (SSSR count). The molecule has 0 amide bonds. The Morgan fingerprint density at radius 3 is 2.03 bits per heavy atom. The molecule has 0 N–H and O–H groups in total. The summed E-state index contributed by atoms with van der Waals surface area (Å²) in [5, 5.41) is 9.10. The minimum absolute atomic E-state index is 0. The number of aromatic nitrogens is 3. The van der Waals surface area contributed by atoms with Gasteiger partial charge in [-0.25, -0.2) is 0 Å².